The van der Waals surface area contributed by atoms with Crippen LogP contribution in [0, 0.1) is 12.8 Å². The first-order valence-electron chi connectivity index (χ1n) is 2.88. The Morgan fingerprint density at radius 2 is 2.38 bits per heavy atom. The van der Waals surface area contributed by atoms with E-state index in [-0.39, 0.29) is 6.61 Å². The third-order valence-corrected chi connectivity index (χ3v) is 1.03. The summed E-state index contributed by atoms with van der Waals surface area (Å²) in [5, 5.41) is 8.30. The van der Waals surface area contributed by atoms with Gasteiger partial charge in [0.15, 0.2) is 0 Å². The lowest BCUT2D eigenvalue weighted by Crippen LogP contribution is -1.85. The molecule has 0 aliphatic rings. The van der Waals surface area contributed by atoms with Gasteiger partial charge in [-0.1, -0.05) is 26.0 Å². The first-order chi connectivity index (χ1) is 3.81. The lowest BCUT2D eigenvalue weighted by atomic mass is 10.1. The third-order valence-electron chi connectivity index (χ3n) is 1.03. The Kier molecular flexibility index (Phi) is 4.67. The molecule has 0 amide bonds. The van der Waals surface area contributed by atoms with Gasteiger partial charge in [-0.25, -0.2) is 0 Å². The molecule has 0 unspecified atom stereocenters. The summed E-state index contributed by atoms with van der Waals surface area (Å²) in [6.07, 6.45) is 4.61. The molecule has 0 bridgehead atoms. The molecule has 1 N–H and O–H groups in total. The topological polar surface area (TPSA) is 20.2 Å². The van der Waals surface area contributed by atoms with E-state index >= 15 is 0 Å². The molecule has 0 aliphatic heterocycles. The van der Waals surface area contributed by atoms with Crippen LogP contribution in [0.2, 0.25) is 0 Å². The number of allylic oxidation sites excluding steroid dienone is 1. The van der Waals surface area contributed by atoms with Gasteiger partial charge in [-0.05, 0) is 12.3 Å². The Balaban J connectivity index is 3.21. The first-order valence-corrected chi connectivity index (χ1v) is 2.88. The predicted molar refractivity (Wildman–Crippen MR) is 35.4 cm³/mol. The SMILES string of the molecule is [CH2]C[C@H](C)/C=C\CO. The summed E-state index contributed by atoms with van der Waals surface area (Å²) in [5.41, 5.74) is 0. The van der Waals surface area contributed by atoms with Crippen molar-refractivity contribution < 1.29 is 5.11 Å². The molecular formula is C7H13O. The molecule has 1 radical (unpaired) electrons. The van der Waals surface area contributed by atoms with Gasteiger partial charge < -0.3 is 5.11 Å². The Morgan fingerprint density at radius 1 is 1.75 bits per heavy atom. The molecule has 1 nitrogen and oxygen atoms in total. The fourth-order valence-electron chi connectivity index (χ4n) is 0.389. The van der Waals surface area contributed by atoms with Gasteiger partial charge in [0.25, 0.3) is 0 Å². The van der Waals surface area contributed by atoms with E-state index in [1.807, 2.05) is 6.08 Å². The molecule has 0 aromatic rings. The summed E-state index contributed by atoms with van der Waals surface area (Å²) >= 11 is 0. The smallest absolute Gasteiger partial charge is 0.0612 e. The van der Waals surface area contributed by atoms with Crippen LogP contribution in [-0.4, -0.2) is 11.7 Å². The van der Waals surface area contributed by atoms with Crippen molar-refractivity contribution in [3.63, 3.8) is 0 Å². The number of aliphatic hydroxyl groups is 1. The molecule has 0 heterocycles. The van der Waals surface area contributed by atoms with Crippen molar-refractivity contribution in [2.24, 2.45) is 5.92 Å². The van der Waals surface area contributed by atoms with Gasteiger partial charge >= 0.3 is 0 Å². The molecule has 0 aliphatic carbocycles. The summed E-state index contributed by atoms with van der Waals surface area (Å²) in [6.45, 7) is 5.92. The van der Waals surface area contributed by atoms with Crippen LogP contribution in [-0.2, 0) is 0 Å². The van der Waals surface area contributed by atoms with E-state index in [9.17, 15) is 0 Å². The van der Waals surface area contributed by atoms with E-state index in [1.54, 1.807) is 6.08 Å². The van der Waals surface area contributed by atoms with Crippen molar-refractivity contribution in [3.05, 3.63) is 19.1 Å². The Labute approximate surface area is 51.0 Å². The van der Waals surface area contributed by atoms with Crippen molar-refractivity contribution in [3.8, 4) is 0 Å². The van der Waals surface area contributed by atoms with Crippen molar-refractivity contribution in [2.75, 3.05) is 6.61 Å². The fraction of sp³-hybridized carbons (Fsp3) is 0.571. The third kappa shape index (κ3) is 3.88. The molecule has 0 aromatic carbocycles. The Hall–Kier alpha value is -0.300. The number of aliphatic hydroxyl groups excluding tert-OH is 1. The summed E-state index contributed by atoms with van der Waals surface area (Å²) in [4.78, 5) is 0. The largest absolute Gasteiger partial charge is 0.392 e. The van der Waals surface area contributed by atoms with Crippen LogP contribution in [0.25, 0.3) is 0 Å². The van der Waals surface area contributed by atoms with Gasteiger partial charge in [0.2, 0.25) is 0 Å². The maximum Gasteiger partial charge on any atom is 0.0612 e. The standard InChI is InChI=1S/C7H13O/c1-3-7(2)5-4-6-8/h4-5,7-8H,1,3,6H2,2H3/b5-4-/t7-/m0/s1. The first kappa shape index (κ1) is 7.70. The molecule has 0 rings (SSSR count). The summed E-state index contributed by atoms with van der Waals surface area (Å²) in [5.74, 6) is 0.502. The monoisotopic (exact) mass is 113 g/mol. The van der Waals surface area contributed by atoms with Gasteiger partial charge in [-0.15, -0.1) is 0 Å². The molecule has 0 spiro atoms. The van der Waals surface area contributed by atoms with E-state index in [4.69, 9.17) is 5.11 Å². The molecule has 0 aromatic heterocycles. The molecule has 0 saturated carbocycles. The summed E-state index contributed by atoms with van der Waals surface area (Å²) in [7, 11) is 0. The molecule has 1 atom stereocenters. The van der Waals surface area contributed by atoms with Crippen LogP contribution in [0.1, 0.15) is 13.3 Å². The van der Waals surface area contributed by atoms with E-state index in [0.29, 0.717) is 5.92 Å². The average Bonchev–Trinajstić information content (AvgIpc) is 1.83. The highest BCUT2D eigenvalue weighted by atomic mass is 16.2. The van der Waals surface area contributed by atoms with Crippen molar-refractivity contribution in [2.45, 2.75) is 13.3 Å². The maximum absolute atomic E-state index is 8.30. The average molecular weight is 113 g/mol. The van der Waals surface area contributed by atoms with Gasteiger partial charge in [0, 0.05) is 0 Å². The second-order valence-corrected chi connectivity index (χ2v) is 1.88. The number of rotatable bonds is 3. The second-order valence-electron chi connectivity index (χ2n) is 1.88. The minimum absolute atomic E-state index is 0.143. The van der Waals surface area contributed by atoms with Crippen LogP contribution in [0.15, 0.2) is 12.2 Å². The van der Waals surface area contributed by atoms with Crippen molar-refractivity contribution in [1.29, 1.82) is 0 Å². The van der Waals surface area contributed by atoms with Gasteiger partial charge in [0.05, 0.1) is 6.61 Å². The van der Waals surface area contributed by atoms with Crippen LogP contribution in [0.3, 0.4) is 0 Å². The quantitative estimate of drug-likeness (QED) is 0.548. The minimum Gasteiger partial charge on any atom is -0.392 e. The maximum atomic E-state index is 8.30. The van der Waals surface area contributed by atoms with E-state index in [1.165, 1.54) is 0 Å². The molecule has 0 saturated heterocycles. The highest BCUT2D eigenvalue weighted by Crippen LogP contribution is 1.99. The highest BCUT2D eigenvalue weighted by molar-refractivity contribution is 4.85. The van der Waals surface area contributed by atoms with E-state index < -0.39 is 0 Å². The number of hydrogen-bond donors (Lipinski definition) is 1. The molecule has 47 valence electrons. The second kappa shape index (κ2) is 4.85. The van der Waals surface area contributed by atoms with Crippen LogP contribution in [0.4, 0.5) is 0 Å². The fourth-order valence-corrected chi connectivity index (χ4v) is 0.389. The molecule has 8 heavy (non-hydrogen) atoms. The van der Waals surface area contributed by atoms with Gasteiger partial charge in [-0.3, -0.25) is 0 Å². The molecule has 0 fully saturated rings. The van der Waals surface area contributed by atoms with Crippen LogP contribution < -0.4 is 0 Å². The van der Waals surface area contributed by atoms with E-state index in [0.717, 1.165) is 6.42 Å². The summed E-state index contributed by atoms with van der Waals surface area (Å²) < 4.78 is 0. The van der Waals surface area contributed by atoms with E-state index in [2.05, 4.69) is 13.8 Å². The lowest BCUT2D eigenvalue weighted by molar-refractivity contribution is 0.342. The molecule has 1 heteroatoms. The zero-order valence-corrected chi connectivity index (χ0v) is 5.30. The van der Waals surface area contributed by atoms with Crippen molar-refractivity contribution in [1.82, 2.24) is 0 Å². The van der Waals surface area contributed by atoms with Crippen molar-refractivity contribution >= 4 is 0 Å². The normalized spacial score (nSPS) is 14.9. The Morgan fingerprint density at radius 3 is 2.75 bits per heavy atom. The lowest BCUT2D eigenvalue weighted by Gasteiger charge is -1.96. The number of hydrogen-bond acceptors (Lipinski definition) is 1. The zero-order chi connectivity index (χ0) is 6.41. The highest BCUT2D eigenvalue weighted by Gasteiger charge is 1.87. The summed E-state index contributed by atoms with van der Waals surface area (Å²) in [6, 6.07) is 0. The van der Waals surface area contributed by atoms with Gasteiger partial charge in [-0.2, -0.15) is 0 Å². The predicted octanol–water partition coefficient (Wildman–Crippen LogP) is 1.40. The van der Waals surface area contributed by atoms with Crippen LogP contribution in [0.5, 0.6) is 0 Å². The zero-order valence-electron chi connectivity index (χ0n) is 5.30. The van der Waals surface area contributed by atoms with Crippen LogP contribution >= 0.6 is 0 Å². The minimum atomic E-state index is 0.143. The van der Waals surface area contributed by atoms with Gasteiger partial charge in [0.1, 0.15) is 0 Å². The Bertz CT molecular complexity index is 66.8. The molecular weight excluding hydrogens is 100 g/mol.